The predicted molar refractivity (Wildman–Crippen MR) is 166 cm³/mol. The number of aryl methyl sites for hydroxylation is 2. The second-order valence-corrected chi connectivity index (χ2v) is 13.3. The van der Waals surface area contributed by atoms with Gasteiger partial charge < -0.3 is 14.8 Å². The van der Waals surface area contributed by atoms with Crippen LogP contribution in [0.15, 0.2) is 23.1 Å². The molecule has 1 aliphatic heterocycles. The van der Waals surface area contributed by atoms with Gasteiger partial charge in [-0.05, 0) is 88.0 Å². The van der Waals surface area contributed by atoms with Crippen LogP contribution in [0.4, 0.5) is 5.13 Å². The summed E-state index contributed by atoms with van der Waals surface area (Å²) >= 11 is 8.46. The number of rotatable bonds is 11. The molecule has 2 fully saturated rings. The van der Waals surface area contributed by atoms with Crippen LogP contribution in [0.5, 0.6) is 11.5 Å². The maximum absolute atomic E-state index is 13.1. The van der Waals surface area contributed by atoms with Crippen molar-refractivity contribution < 1.29 is 19.1 Å². The molecule has 1 N–H and O–H groups in total. The second kappa shape index (κ2) is 14.0. The number of anilines is 1. The maximum Gasteiger partial charge on any atom is 0.266 e. The van der Waals surface area contributed by atoms with Crippen LogP contribution in [0.1, 0.15) is 86.8 Å². The number of thiocarbonyl (C=S) groups is 1. The molecule has 1 aromatic heterocycles. The van der Waals surface area contributed by atoms with E-state index in [2.05, 4.69) is 10.3 Å². The molecule has 1 saturated heterocycles. The third-order valence-corrected chi connectivity index (χ3v) is 10.0. The van der Waals surface area contributed by atoms with E-state index >= 15 is 0 Å². The number of hydrogen-bond acceptors (Lipinski definition) is 8. The molecule has 2 aliphatic carbocycles. The molecule has 2 amide bonds. The van der Waals surface area contributed by atoms with Crippen molar-refractivity contribution >= 4 is 62.7 Å². The number of fused-ring (bicyclic) bond motifs is 1. The van der Waals surface area contributed by atoms with Gasteiger partial charge in [-0.1, -0.05) is 42.9 Å². The Labute approximate surface area is 250 Å². The van der Waals surface area contributed by atoms with Gasteiger partial charge in [0.05, 0.1) is 23.8 Å². The predicted octanol–water partition coefficient (Wildman–Crippen LogP) is 7.14. The number of hydrogen-bond donors (Lipinski definition) is 1. The van der Waals surface area contributed by atoms with Gasteiger partial charge in [-0.3, -0.25) is 14.5 Å². The molecule has 0 spiro atoms. The van der Waals surface area contributed by atoms with Crippen LogP contribution >= 0.6 is 35.3 Å². The summed E-state index contributed by atoms with van der Waals surface area (Å²) in [5, 5.41) is 3.69. The van der Waals surface area contributed by atoms with Crippen molar-refractivity contribution in [1.29, 1.82) is 0 Å². The lowest BCUT2D eigenvalue weighted by Gasteiger charge is -2.24. The summed E-state index contributed by atoms with van der Waals surface area (Å²) in [5.41, 5.74) is 2.03. The van der Waals surface area contributed by atoms with E-state index < -0.39 is 0 Å². The quantitative estimate of drug-likeness (QED) is 0.167. The van der Waals surface area contributed by atoms with Gasteiger partial charge in [-0.25, -0.2) is 4.98 Å². The van der Waals surface area contributed by atoms with E-state index in [1.54, 1.807) is 23.3 Å². The standard InChI is InChI=1S/C30H37N3O4S3/c1-36-24-18-20(15-16-23(24)37-21-10-4-2-5-11-21)19-26-28(35)33(30(38)40-26)17-9-3-6-14-27(34)32-29-31-22-12-7-8-13-25(22)39-29/h15-16,18-19,21H,2-14,17H2,1H3,(H,31,32,34)/b26-19-. The first-order chi connectivity index (χ1) is 19.5. The number of nitrogens with one attached hydrogen (secondary N) is 1. The molecule has 0 atom stereocenters. The van der Waals surface area contributed by atoms with Crippen LogP contribution in [0.3, 0.4) is 0 Å². The van der Waals surface area contributed by atoms with Gasteiger partial charge in [0.1, 0.15) is 4.32 Å². The minimum Gasteiger partial charge on any atom is -0.493 e. The largest absolute Gasteiger partial charge is 0.493 e. The van der Waals surface area contributed by atoms with E-state index in [-0.39, 0.29) is 17.9 Å². The number of thiazole rings is 1. The van der Waals surface area contributed by atoms with Gasteiger partial charge in [-0.2, -0.15) is 0 Å². The summed E-state index contributed by atoms with van der Waals surface area (Å²) in [4.78, 5) is 33.6. The Morgan fingerprint density at radius 1 is 1.12 bits per heavy atom. The molecule has 5 rings (SSSR count). The second-order valence-electron chi connectivity index (χ2n) is 10.6. The van der Waals surface area contributed by atoms with E-state index in [9.17, 15) is 9.59 Å². The molecular formula is C30H37N3O4S3. The number of amides is 2. The highest BCUT2D eigenvalue weighted by molar-refractivity contribution is 8.26. The average Bonchev–Trinajstić information content (AvgIpc) is 3.48. The average molecular weight is 600 g/mol. The van der Waals surface area contributed by atoms with Crippen molar-refractivity contribution in [2.24, 2.45) is 0 Å². The molecule has 0 unspecified atom stereocenters. The monoisotopic (exact) mass is 599 g/mol. The van der Waals surface area contributed by atoms with E-state index in [0.717, 1.165) is 67.1 Å². The number of aromatic nitrogens is 1. The SMILES string of the molecule is COc1cc(/C=C2\SC(=S)N(CCCCCC(=O)Nc3nc4c(s3)CCCC4)C2=O)ccc1OC1CCCCC1. The Hall–Kier alpha value is -2.43. The van der Waals surface area contributed by atoms with Gasteiger partial charge in [0.2, 0.25) is 5.91 Å². The van der Waals surface area contributed by atoms with Crippen LogP contribution < -0.4 is 14.8 Å². The zero-order chi connectivity index (χ0) is 27.9. The van der Waals surface area contributed by atoms with E-state index in [1.807, 2.05) is 24.3 Å². The molecule has 3 aliphatic rings. The zero-order valence-electron chi connectivity index (χ0n) is 23.0. The van der Waals surface area contributed by atoms with Gasteiger partial charge in [-0.15, -0.1) is 11.3 Å². The molecule has 7 nitrogen and oxygen atoms in total. The number of nitrogens with zero attached hydrogens (tertiary/aromatic N) is 2. The highest BCUT2D eigenvalue weighted by Crippen LogP contribution is 2.36. The fourth-order valence-corrected chi connectivity index (χ4v) is 7.77. The van der Waals surface area contributed by atoms with Crippen molar-refractivity contribution in [2.75, 3.05) is 19.0 Å². The maximum atomic E-state index is 13.1. The Morgan fingerprint density at radius 2 is 1.95 bits per heavy atom. The van der Waals surface area contributed by atoms with Gasteiger partial charge in [0.25, 0.3) is 5.91 Å². The Bertz CT molecular complexity index is 1250. The first kappa shape index (κ1) is 29.1. The molecule has 2 aromatic rings. The van der Waals surface area contributed by atoms with Crippen molar-refractivity contribution in [3.63, 3.8) is 0 Å². The van der Waals surface area contributed by atoms with Crippen LogP contribution in [-0.2, 0) is 22.4 Å². The molecule has 1 saturated carbocycles. The highest BCUT2D eigenvalue weighted by atomic mass is 32.2. The van der Waals surface area contributed by atoms with Crippen molar-refractivity contribution in [2.45, 2.75) is 89.6 Å². The topological polar surface area (TPSA) is 80.8 Å². The lowest BCUT2D eigenvalue weighted by molar-refractivity contribution is -0.122. The number of thioether (sulfide) groups is 1. The molecule has 2 heterocycles. The Morgan fingerprint density at radius 3 is 2.75 bits per heavy atom. The number of carbonyl (C=O) groups excluding carboxylic acids is 2. The lowest BCUT2D eigenvalue weighted by atomic mass is 9.98. The van der Waals surface area contributed by atoms with Crippen LogP contribution in [0.2, 0.25) is 0 Å². The first-order valence-corrected chi connectivity index (χ1v) is 16.4. The van der Waals surface area contributed by atoms with Crippen molar-refractivity contribution in [3.05, 3.63) is 39.2 Å². The summed E-state index contributed by atoms with van der Waals surface area (Å²) in [7, 11) is 1.64. The van der Waals surface area contributed by atoms with Gasteiger partial charge >= 0.3 is 0 Å². The summed E-state index contributed by atoms with van der Waals surface area (Å²) < 4.78 is 12.4. The summed E-state index contributed by atoms with van der Waals surface area (Å²) in [6.07, 6.45) is 15.3. The minimum atomic E-state index is -0.0676. The fourth-order valence-electron chi connectivity index (χ4n) is 5.40. The fraction of sp³-hybridized carbons (Fsp3) is 0.533. The number of benzene rings is 1. The molecule has 0 bridgehead atoms. The molecule has 10 heteroatoms. The van der Waals surface area contributed by atoms with Gasteiger partial charge in [0, 0.05) is 17.8 Å². The smallest absolute Gasteiger partial charge is 0.266 e. The number of unbranched alkanes of at least 4 members (excludes halogenated alkanes) is 2. The molecule has 40 heavy (non-hydrogen) atoms. The lowest BCUT2D eigenvalue weighted by Crippen LogP contribution is -2.29. The molecule has 214 valence electrons. The molecule has 0 radical (unpaired) electrons. The zero-order valence-corrected chi connectivity index (χ0v) is 25.5. The Kier molecular flexibility index (Phi) is 10.1. The number of methoxy groups -OCH3 is 1. The van der Waals surface area contributed by atoms with E-state index in [4.69, 9.17) is 21.7 Å². The third kappa shape index (κ3) is 7.44. The van der Waals surface area contributed by atoms with Gasteiger partial charge in [0.15, 0.2) is 16.6 Å². The number of carbonyl (C=O) groups is 2. The molecular weight excluding hydrogens is 563 g/mol. The highest BCUT2D eigenvalue weighted by Gasteiger charge is 2.31. The van der Waals surface area contributed by atoms with E-state index in [1.165, 1.54) is 48.7 Å². The number of ether oxygens (including phenoxy) is 2. The van der Waals surface area contributed by atoms with Crippen molar-refractivity contribution in [3.8, 4) is 11.5 Å². The van der Waals surface area contributed by atoms with E-state index in [0.29, 0.717) is 27.9 Å². The summed E-state index contributed by atoms with van der Waals surface area (Å²) in [6, 6.07) is 5.80. The minimum absolute atomic E-state index is 0.00484. The van der Waals surface area contributed by atoms with Crippen LogP contribution in [0, 0.1) is 0 Å². The van der Waals surface area contributed by atoms with Crippen molar-refractivity contribution in [1.82, 2.24) is 9.88 Å². The summed E-state index contributed by atoms with van der Waals surface area (Å²) in [6.45, 7) is 0.556. The normalized spacial score (nSPS) is 18.7. The van der Waals surface area contributed by atoms with Crippen LogP contribution in [-0.4, -0.2) is 45.8 Å². The Balaban J connectivity index is 1.07. The third-order valence-electron chi connectivity index (χ3n) is 7.58. The first-order valence-electron chi connectivity index (χ1n) is 14.4. The summed E-state index contributed by atoms with van der Waals surface area (Å²) in [5.74, 6) is 1.36. The van der Waals surface area contributed by atoms with Crippen LogP contribution in [0.25, 0.3) is 6.08 Å². The molecule has 1 aromatic carbocycles.